The quantitative estimate of drug-likeness (QED) is 0.460. The van der Waals surface area contributed by atoms with Gasteiger partial charge in [0, 0.05) is 11.1 Å². The topological polar surface area (TPSA) is 37.3 Å². The van der Waals surface area contributed by atoms with E-state index in [0.29, 0.717) is 16.7 Å². The number of carbonyl (C=O) groups is 1. The second-order valence-corrected chi connectivity index (χ2v) is 2.97. The molecule has 1 rings (SSSR count). The molecule has 0 aliphatic rings. The molecule has 2 heteroatoms. The van der Waals surface area contributed by atoms with Crippen LogP contribution in [0.2, 0.25) is 0 Å². The maximum Gasteiger partial charge on any atom is 0.150 e. The Kier molecular flexibility index (Phi) is 3.63. The van der Waals surface area contributed by atoms with Gasteiger partial charge in [0.05, 0.1) is 0 Å². The third-order valence-electron chi connectivity index (χ3n) is 1.97. The number of benzene rings is 1. The fourth-order valence-corrected chi connectivity index (χ4v) is 1.30. The van der Waals surface area contributed by atoms with Crippen molar-refractivity contribution in [1.29, 1.82) is 0 Å². The van der Waals surface area contributed by atoms with Crippen LogP contribution in [0.4, 0.5) is 0 Å². The lowest BCUT2D eigenvalue weighted by molar-refractivity contribution is 0.112. The Balaban J connectivity index is 3.34. The third-order valence-corrected chi connectivity index (χ3v) is 1.97. The van der Waals surface area contributed by atoms with Crippen molar-refractivity contribution in [3.63, 3.8) is 0 Å². The van der Waals surface area contributed by atoms with Gasteiger partial charge >= 0.3 is 0 Å². The van der Waals surface area contributed by atoms with Crippen LogP contribution in [0.25, 0.3) is 5.57 Å². The molecule has 0 amide bonds. The SMILES string of the molecule is C=C/C=C(/C(=C)O)c1ccccc1C=O. The lowest BCUT2D eigenvalue weighted by Gasteiger charge is -2.07. The smallest absolute Gasteiger partial charge is 0.150 e. The molecule has 15 heavy (non-hydrogen) atoms. The van der Waals surface area contributed by atoms with Crippen molar-refractivity contribution in [3.8, 4) is 0 Å². The normalized spacial score (nSPS) is 10.8. The number of carbonyl (C=O) groups excluding carboxylic acids is 1. The average Bonchev–Trinajstić information content (AvgIpc) is 2.25. The molecule has 0 aliphatic carbocycles. The first-order chi connectivity index (χ1) is 7.20. The maximum absolute atomic E-state index is 10.8. The fraction of sp³-hybridized carbons (Fsp3) is 0. The Bertz CT molecular complexity index is 428. The Labute approximate surface area is 88.9 Å². The van der Waals surface area contributed by atoms with Gasteiger partial charge in [0.25, 0.3) is 0 Å². The summed E-state index contributed by atoms with van der Waals surface area (Å²) in [5.41, 5.74) is 1.67. The van der Waals surface area contributed by atoms with Crippen LogP contribution >= 0.6 is 0 Å². The molecule has 0 atom stereocenters. The summed E-state index contributed by atoms with van der Waals surface area (Å²) >= 11 is 0. The summed E-state index contributed by atoms with van der Waals surface area (Å²) in [6, 6.07) is 6.99. The van der Waals surface area contributed by atoms with Crippen LogP contribution in [0.15, 0.2) is 55.3 Å². The highest BCUT2D eigenvalue weighted by Crippen LogP contribution is 2.22. The minimum Gasteiger partial charge on any atom is -0.508 e. The van der Waals surface area contributed by atoms with E-state index in [1.807, 2.05) is 0 Å². The van der Waals surface area contributed by atoms with E-state index in [9.17, 15) is 9.90 Å². The monoisotopic (exact) mass is 200 g/mol. The highest BCUT2D eigenvalue weighted by Gasteiger charge is 2.08. The standard InChI is InChI=1S/C13H12O2/c1-3-6-12(10(2)15)13-8-5-4-7-11(13)9-14/h3-9,15H,1-2H2/b12-6-. The zero-order valence-electron chi connectivity index (χ0n) is 8.31. The van der Waals surface area contributed by atoms with Crippen molar-refractivity contribution >= 4 is 11.9 Å². The zero-order valence-corrected chi connectivity index (χ0v) is 8.31. The molecule has 0 radical (unpaired) electrons. The van der Waals surface area contributed by atoms with Gasteiger partial charge in [-0.25, -0.2) is 0 Å². The number of aldehydes is 1. The summed E-state index contributed by atoms with van der Waals surface area (Å²) in [5.74, 6) is -0.0794. The lowest BCUT2D eigenvalue weighted by atomic mass is 9.99. The Morgan fingerprint density at radius 2 is 2.00 bits per heavy atom. The lowest BCUT2D eigenvalue weighted by Crippen LogP contribution is -1.93. The van der Waals surface area contributed by atoms with Crippen molar-refractivity contribution in [2.75, 3.05) is 0 Å². The van der Waals surface area contributed by atoms with Gasteiger partial charge in [0.15, 0.2) is 6.29 Å². The van der Waals surface area contributed by atoms with Crippen LogP contribution in [0.5, 0.6) is 0 Å². The molecule has 0 saturated carbocycles. The molecule has 0 saturated heterocycles. The van der Waals surface area contributed by atoms with Gasteiger partial charge in [0.2, 0.25) is 0 Å². The van der Waals surface area contributed by atoms with Gasteiger partial charge in [-0.3, -0.25) is 4.79 Å². The minimum atomic E-state index is -0.0794. The Hall–Kier alpha value is -2.09. The summed E-state index contributed by atoms with van der Waals surface area (Å²) in [5, 5.41) is 9.39. The molecule has 0 unspecified atom stereocenters. The molecule has 0 spiro atoms. The number of aliphatic hydroxyl groups is 1. The van der Waals surface area contributed by atoms with E-state index in [1.54, 1.807) is 30.3 Å². The Morgan fingerprint density at radius 1 is 1.33 bits per heavy atom. The zero-order chi connectivity index (χ0) is 11.3. The minimum absolute atomic E-state index is 0.0794. The van der Waals surface area contributed by atoms with Gasteiger partial charge in [-0.2, -0.15) is 0 Å². The second-order valence-electron chi connectivity index (χ2n) is 2.97. The van der Waals surface area contributed by atoms with Crippen molar-refractivity contribution in [1.82, 2.24) is 0 Å². The molecule has 1 aromatic rings. The van der Waals surface area contributed by atoms with Crippen molar-refractivity contribution in [2.24, 2.45) is 0 Å². The van der Waals surface area contributed by atoms with E-state index in [4.69, 9.17) is 0 Å². The van der Waals surface area contributed by atoms with Crippen molar-refractivity contribution in [3.05, 3.63) is 66.5 Å². The van der Waals surface area contributed by atoms with Gasteiger partial charge in [-0.1, -0.05) is 49.6 Å². The summed E-state index contributed by atoms with van der Waals surface area (Å²) in [7, 11) is 0. The van der Waals surface area contributed by atoms with Gasteiger partial charge in [0.1, 0.15) is 5.76 Å². The predicted octanol–water partition coefficient (Wildman–Crippen LogP) is 3.14. The van der Waals surface area contributed by atoms with E-state index in [-0.39, 0.29) is 5.76 Å². The molecule has 0 heterocycles. The molecule has 0 bridgehead atoms. The van der Waals surface area contributed by atoms with Crippen LogP contribution in [0.1, 0.15) is 15.9 Å². The molecular weight excluding hydrogens is 188 g/mol. The van der Waals surface area contributed by atoms with E-state index >= 15 is 0 Å². The molecule has 0 fully saturated rings. The molecule has 0 aliphatic heterocycles. The van der Waals surface area contributed by atoms with E-state index in [1.165, 1.54) is 6.08 Å². The van der Waals surface area contributed by atoms with E-state index < -0.39 is 0 Å². The summed E-state index contributed by atoms with van der Waals surface area (Å²) in [4.78, 5) is 10.8. The number of hydrogen-bond donors (Lipinski definition) is 1. The van der Waals surface area contributed by atoms with Gasteiger partial charge in [-0.15, -0.1) is 0 Å². The first-order valence-electron chi connectivity index (χ1n) is 4.46. The highest BCUT2D eigenvalue weighted by atomic mass is 16.3. The van der Waals surface area contributed by atoms with Crippen LogP contribution in [0.3, 0.4) is 0 Å². The van der Waals surface area contributed by atoms with Crippen LogP contribution in [0, 0.1) is 0 Å². The fourth-order valence-electron chi connectivity index (χ4n) is 1.30. The van der Waals surface area contributed by atoms with Crippen LogP contribution in [-0.4, -0.2) is 11.4 Å². The van der Waals surface area contributed by atoms with Gasteiger partial charge in [-0.05, 0) is 5.56 Å². The van der Waals surface area contributed by atoms with Crippen molar-refractivity contribution in [2.45, 2.75) is 0 Å². The number of rotatable bonds is 4. The number of aliphatic hydroxyl groups excluding tert-OH is 1. The second kappa shape index (κ2) is 4.96. The van der Waals surface area contributed by atoms with E-state index in [2.05, 4.69) is 13.2 Å². The molecule has 1 aromatic carbocycles. The first-order valence-corrected chi connectivity index (χ1v) is 4.46. The summed E-state index contributed by atoms with van der Waals surface area (Å²) < 4.78 is 0. The van der Waals surface area contributed by atoms with Crippen molar-refractivity contribution < 1.29 is 9.90 Å². The van der Waals surface area contributed by atoms with Crippen LogP contribution < -0.4 is 0 Å². The molecule has 2 nitrogen and oxygen atoms in total. The van der Waals surface area contributed by atoms with E-state index in [0.717, 1.165) is 6.29 Å². The largest absolute Gasteiger partial charge is 0.508 e. The highest BCUT2D eigenvalue weighted by molar-refractivity contribution is 5.89. The molecule has 0 aromatic heterocycles. The summed E-state index contributed by atoms with van der Waals surface area (Å²) in [6.45, 7) is 7.00. The molecule has 76 valence electrons. The average molecular weight is 200 g/mol. The molecular formula is C13H12O2. The predicted molar refractivity (Wildman–Crippen MR) is 61.8 cm³/mol. The first kappa shape index (κ1) is 11.0. The number of hydrogen-bond acceptors (Lipinski definition) is 2. The number of allylic oxidation sites excluding steroid dienone is 3. The Morgan fingerprint density at radius 3 is 2.53 bits per heavy atom. The third kappa shape index (κ3) is 2.44. The molecule has 1 N–H and O–H groups in total. The maximum atomic E-state index is 10.8. The van der Waals surface area contributed by atoms with Gasteiger partial charge < -0.3 is 5.11 Å². The van der Waals surface area contributed by atoms with Crippen LogP contribution in [-0.2, 0) is 0 Å². The summed E-state index contributed by atoms with van der Waals surface area (Å²) in [6.07, 6.45) is 3.90.